The predicted molar refractivity (Wildman–Crippen MR) is 96.1 cm³/mol. The van der Waals surface area contributed by atoms with Gasteiger partial charge >= 0.3 is 0 Å². The smallest absolute Gasteiger partial charge is 0.226 e. The molecule has 25 heavy (non-hydrogen) atoms. The zero-order chi connectivity index (χ0) is 17.3. The maximum atomic E-state index is 13.0. The fourth-order valence-electron chi connectivity index (χ4n) is 3.67. The summed E-state index contributed by atoms with van der Waals surface area (Å²) in [7, 11) is 1.67. The van der Waals surface area contributed by atoms with Crippen LogP contribution in [0.4, 0.5) is 0 Å². The second-order valence-corrected chi connectivity index (χ2v) is 7.34. The largest absolute Gasteiger partial charge is 0.497 e. The molecule has 2 aliphatic rings. The van der Waals surface area contributed by atoms with Crippen LogP contribution in [-0.2, 0) is 17.8 Å². The van der Waals surface area contributed by atoms with Crippen molar-refractivity contribution >= 4 is 5.91 Å². The number of hydrogen-bond donors (Lipinski definition) is 0. The highest BCUT2D eigenvalue weighted by Gasteiger charge is 2.66. The summed E-state index contributed by atoms with van der Waals surface area (Å²) in [5, 5.41) is 0. The van der Waals surface area contributed by atoms with Gasteiger partial charge in [-0.3, -0.25) is 9.78 Å². The van der Waals surface area contributed by atoms with Gasteiger partial charge in [0.15, 0.2) is 0 Å². The molecule has 1 atom stereocenters. The highest BCUT2D eigenvalue weighted by atomic mass is 16.5. The van der Waals surface area contributed by atoms with E-state index in [1.165, 1.54) is 18.4 Å². The molecule has 2 aromatic rings. The van der Waals surface area contributed by atoms with Gasteiger partial charge in [0.05, 0.1) is 7.11 Å². The van der Waals surface area contributed by atoms with E-state index in [0.29, 0.717) is 17.9 Å². The minimum Gasteiger partial charge on any atom is -0.497 e. The van der Waals surface area contributed by atoms with Gasteiger partial charge in [-0.05, 0) is 60.4 Å². The van der Waals surface area contributed by atoms with Crippen LogP contribution in [0.2, 0.25) is 0 Å². The number of carbonyl (C=O) groups is 1. The number of hydrogen-bond acceptors (Lipinski definition) is 3. The van der Waals surface area contributed by atoms with Crippen molar-refractivity contribution < 1.29 is 9.53 Å². The lowest BCUT2D eigenvalue weighted by Crippen LogP contribution is -2.34. The Kier molecular flexibility index (Phi) is 4.20. The first-order chi connectivity index (χ1) is 12.2. The monoisotopic (exact) mass is 336 g/mol. The van der Waals surface area contributed by atoms with Crippen LogP contribution < -0.4 is 4.74 Å². The van der Waals surface area contributed by atoms with Crippen molar-refractivity contribution in [3.05, 3.63) is 59.9 Å². The molecule has 0 N–H and O–H groups in total. The van der Waals surface area contributed by atoms with Crippen molar-refractivity contribution in [3.63, 3.8) is 0 Å². The van der Waals surface area contributed by atoms with E-state index in [4.69, 9.17) is 4.74 Å². The van der Waals surface area contributed by atoms with Crippen LogP contribution in [0, 0.1) is 11.3 Å². The average Bonchev–Trinajstić information content (AvgIpc) is 3.59. The van der Waals surface area contributed by atoms with E-state index in [9.17, 15) is 4.79 Å². The number of carbonyl (C=O) groups excluding carboxylic acids is 1. The average molecular weight is 336 g/mol. The molecule has 1 aromatic carbocycles. The van der Waals surface area contributed by atoms with Crippen LogP contribution in [0.15, 0.2) is 48.8 Å². The fourth-order valence-corrected chi connectivity index (χ4v) is 3.67. The summed E-state index contributed by atoms with van der Waals surface area (Å²) in [6, 6.07) is 12.1. The second kappa shape index (κ2) is 6.51. The Hall–Kier alpha value is -2.36. The molecule has 2 saturated carbocycles. The van der Waals surface area contributed by atoms with E-state index in [-0.39, 0.29) is 5.92 Å². The van der Waals surface area contributed by atoms with Gasteiger partial charge in [0.2, 0.25) is 5.91 Å². The molecule has 4 nitrogen and oxygen atoms in total. The van der Waals surface area contributed by atoms with Gasteiger partial charge < -0.3 is 9.64 Å². The van der Waals surface area contributed by atoms with Gasteiger partial charge in [-0.1, -0.05) is 18.2 Å². The molecule has 2 fully saturated rings. The van der Waals surface area contributed by atoms with Crippen LogP contribution in [0.1, 0.15) is 30.4 Å². The summed E-state index contributed by atoms with van der Waals surface area (Å²) >= 11 is 0. The van der Waals surface area contributed by atoms with Gasteiger partial charge in [0, 0.05) is 31.4 Å². The Bertz CT molecular complexity index is 738. The van der Waals surface area contributed by atoms with Crippen molar-refractivity contribution in [2.45, 2.75) is 32.2 Å². The first kappa shape index (κ1) is 16.1. The summed E-state index contributed by atoms with van der Waals surface area (Å²) in [4.78, 5) is 19.2. The Morgan fingerprint density at radius 3 is 2.64 bits per heavy atom. The summed E-state index contributed by atoms with van der Waals surface area (Å²) < 4.78 is 5.21. The molecule has 4 heteroatoms. The Balaban J connectivity index is 1.43. The lowest BCUT2D eigenvalue weighted by molar-refractivity contribution is -0.133. The topological polar surface area (TPSA) is 42.4 Å². The Morgan fingerprint density at radius 1 is 1.24 bits per heavy atom. The molecule has 4 rings (SSSR count). The number of methoxy groups -OCH3 is 1. The third-order valence-electron chi connectivity index (χ3n) is 5.62. The first-order valence-corrected chi connectivity index (χ1v) is 9.01. The van der Waals surface area contributed by atoms with Crippen LogP contribution >= 0.6 is 0 Å². The van der Waals surface area contributed by atoms with Crippen molar-refractivity contribution in [1.29, 1.82) is 0 Å². The van der Waals surface area contributed by atoms with Crippen molar-refractivity contribution in [1.82, 2.24) is 9.88 Å². The normalized spacial score (nSPS) is 19.5. The molecule has 1 heterocycles. The summed E-state index contributed by atoms with van der Waals surface area (Å²) in [6.07, 6.45) is 8.05. The molecular weight excluding hydrogens is 312 g/mol. The third-order valence-corrected chi connectivity index (χ3v) is 5.62. The number of pyridine rings is 1. The highest BCUT2D eigenvalue weighted by molar-refractivity contribution is 5.83. The molecule has 2 aliphatic carbocycles. The fraction of sp³-hybridized carbons (Fsp3) is 0.429. The quantitative estimate of drug-likeness (QED) is 0.777. The number of nitrogens with zero attached hydrogens (tertiary/aromatic N) is 2. The summed E-state index contributed by atoms with van der Waals surface area (Å²) in [5.41, 5.74) is 2.71. The molecular formula is C21H24N2O2. The van der Waals surface area contributed by atoms with E-state index in [2.05, 4.69) is 17.1 Å². The molecule has 1 spiro atoms. The van der Waals surface area contributed by atoms with E-state index in [1.807, 2.05) is 35.4 Å². The highest BCUT2D eigenvalue weighted by Crippen LogP contribution is 2.71. The van der Waals surface area contributed by atoms with Gasteiger partial charge in [0.1, 0.15) is 5.75 Å². The van der Waals surface area contributed by atoms with Gasteiger partial charge in [-0.25, -0.2) is 0 Å². The Morgan fingerprint density at radius 2 is 2.04 bits per heavy atom. The van der Waals surface area contributed by atoms with E-state index < -0.39 is 0 Å². The lowest BCUT2D eigenvalue weighted by Gasteiger charge is -2.23. The van der Waals surface area contributed by atoms with Crippen molar-refractivity contribution in [3.8, 4) is 5.75 Å². The SMILES string of the molecule is COc1ccc(CCN(Cc2cccnc2)C(=O)[C@@H]2CC23CC3)cc1. The van der Waals surface area contributed by atoms with E-state index in [0.717, 1.165) is 30.7 Å². The van der Waals surface area contributed by atoms with Crippen LogP contribution in [0.25, 0.3) is 0 Å². The first-order valence-electron chi connectivity index (χ1n) is 9.01. The zero-order valence-electron chi connectivity index (χ0n) is 14.6. The maximum absolute atomic E-state index is 13.0. The van der Waals surface area contributed by atoms with Crippen LogP contribution in [-0.4, -0.2) is 29.4 Å². The summed E-state index contributed by atoms with van der Waals surface area (Å²) in [6.45, 7) is 1.39. The molecule has 0 saturated heterocycles. The zero-order valence-corrected chi connectivity index (χ0v) is 14.6. The number of aromatic nitrogens is 1. The van der Waals surface area contributed by atoms with E-state index >= 15 is 0 Å². The van der Waals surface area contributed by atoms with Crippen molar-refractivity contribution in [2.75, 3.05) is 13.7 Å². The molecule has 0 radical (unpaired) electrons. The lowest BCUT2D eigenvalue weighted by atomic mass is 10.1. The minimum atomic E-state index is 0.264. The van der Waals surface area contributed by atoms with Gasteiger partial charge in [-0.15, -0.1) is 0 Å². The number of benzene rings is 1. The van der Waals surface area contributed by atoms with Crippen molar-refractivity contribution in [2.24, 2.45) is 11.3 Å². The van der Waals surface area contributed by atoms with Crippen LogP contribution in [0.3, 0.4) is 0 Å². The minimum absolute atomic E-state index is 0.264. The van der Waals surface area contributed by atoms with Crippen LogP contribution in [0.5, 0.6) is 5.75 Å². The molecule has 0 aliphatic heterocycles. The number of rotatable bonds is 7. The predicted octanol–water partition coefficient (Wildman–Crippen LogP) is 3.46. The molecule has 0 unspecified atom stereocenters. The Labute approximate surface area is 148 Å². The van der Waals surface area contributed by atoms with Gasteiger partial charge in [-0.2, -0.15) is 0 Å². The van der Waals surface area contributed by atoms with Gasteiger partial charge in [0.25, 0.3) is 0 Å². The molecule has 130 valence electrons. The number of ether oxygens (including phenoxy) is 1. The molecule has 1 amide bonds. The maximum Gasteiger partial charge on any atom is 0.226 e. The third kappa shape index (κ3) is 3.53. The number of amides is 1. The molecule has 1 aromatic heterocycles. The van der Waals surface area contributed by atoms with E-state index in [1.54, 1.807) is 13.3 Å². The summed E-state index contributed by atoms with van der Waals surface area (Å²) in [5.74, 6) is 1.45. The molecule has 0 bridgehead atoms. The standard InChI is InChI=1S/C21H24N2O2/c1-25-18-6-4-16(5-7-18)8-12-23(15-17-3-2-11-22-14-17)20(24)19-13-21(19)9-10-21/h2-7,11,14,19H,8-10,12-13,15H2,1H3/t19-/m0/s1. The second-order valence-electron chi connectivity index (χ2n) is 7.34.